The summed E-state index contributed by atoms with van der Waals surface area (Å²) in [4.78, 5) is 14.4. The summed E-state index contributed by atoms with van der Waals surface area (Å²) in [5.41, 5.74) is 7.28. The van der Waals surface area contributed by atoms with Gasteiger partial charge in [-0.15, -0.1) is 0 Å². The van der Waals surface area contributed by atoms with Crippen LogP contribution in [0.3, 0.4) is 0 Å². The number of amides is 1. The van der Waals surface area contributed by atoms with E-state index in [-0.39, 0.29) is 5.91 Å². The molecule has 110 valence electrons. The third kappa shape index (κ3) is 4.59. The summed E-state index contributed by atoms with van der Waals surface area (Å²) in [7, 11) is 0. The summed E-state index contributed by atoms with van der Waals surface area (Å²) in [6, 6.07) is 17.0. The van der Waals surface area contributed by atoms with E-state index in [1.165, 1.54) is 0 Å². The van der Waals surface area contributed by atoms with Gasteiger partial charge in [-0.2, -0.15) is 0 Å². The number of hydrogen-bond donors (Lipinski definition) is 1. The first-order valence-electron chi connectivity index (χ1n) is 6.99. The largest absolute Gasteiger partial charge is 0.334 e. The third-order valence-electron chi connectivity index (χ3n) is 3.21. The highest BCUT2D eigenvalue weighted by atomic mass is 35.5. The Balaban J connectivity index is 2.17. The van der Waals surface area contributed by atoms with Gasteiger partial charge in [0.1, 0.15) is 0 Å². The molecular weight excluding hydrogens is 284 g/mol. The first-order valence-corrected chi connectivity index (χ1v) is 7.37. The number of rotatable bonds is 6. The maximum atomic E-state index is 12.6. The van der Waals surface area contributed by atoms with Gasteiger partial charge in [0.05, 0.1) is 0 Å². The van der Waals surface area contributed by atoms with Crippen molar-refractivity contribution >= 4 is 17.5 Å². The van der Waals surface area contributed by atoms with Crippen LogP contribution >= 0.6 is 11.6 Å². The van der Waals surface area contributed by atoms with E-state index >= 15 is 0 Å². The van der Waals surface area contributed by atoms with Crippen molar-refractivity contribution in [1.82, 2.24) is 4.90 Å². The minimum Gasteiger partial charge on any atom is -0.334 e. The fourth-order valence-electron chi connectivity index (χ4n) is 2.14. The Labute approximate surface area is 130 Å². The maximum absolute atomic E-state index is 12.6. The van der Waals surface area contributed by atoms with E-state index in [2.05, 4.69) is 0 Å². The van der Waals surface area contributed by atoms with Crippen LogP contribution in [0.4, 0.5) is 0 Å². The lowest BCUT2D eigenvalue weighted by atomic mass is 10.1. The number of carbonyl (C=O) groups is 1. The average Bonchev–Trinajstić information content (AvgIpc) is 2.51. The van der Waals surface area contributed by atoms with E-state index in [1.807, 2.05) is 35.2 Å². The Hall–Kier alpha value is -1.84. The molecular formula is C17H19ClN2O. The molecule has 0 fully saturated rings. The monoisotopic (exact) mass is 302 g/mol. The highest BCUT2D eigenvalue weighted by molar-refractivity contribution is 6.30. The zero-order valence-electron chi connectivity index (χ0n) is 11.8. The lowest BCUT2D eigenvalue weighted by Crippen LogP contribution is -2.32. The summed E-state index contributed by atoms with van der Waals surface area (Å²) in [5, 5.41) is 0.569. The van der Waals surface area contributed by atoms with Gasteiger partial charge in [-0.05, 0) is 36.7 Å². The Morgan fingerprint density at radius 1 is 1.10 bits per heavy atom. The maximum Gasteiger partial charge on any atom is 0.254 e. The summed E-state index contributed by atoms with van der Waals surface area (Å²) < 4.78 is 0. The van der Waals surface area contributed by atoms with Crippen LogP contribution < -0.4 is 5.73 Å². The number of nitrogens with zero attached hydrogens (tertiary/aromatic N) is 1. The quantitative estimate of drug-likeness (QED) is 0.889. The van der Waals surface area contributed by atoms with Crippen LogP contribution in [0.15, 0.2) is 54.6 Å². The molecule has 2 N–H and O–H groups in total. The van der Waals surface area contributed by atoms with E-state index in [0.29, 0.717) is 30.2 Å². The molecule has 0 aliphatic carbocycles. The van der Waals surface area contributed by atoms with Crippen molar-refractivity contribution in [1.29, 1.82) is 0 Å². The van der Waals surface area contributed by atoms with Gasteiger partial charge in [0, 0.05) is 23.7 Å². The molecule has 0 atom stereocenters. The van der Waals surface area contributed by atoms with E-state index in [9.17, 15) is 4.79 Å². The molecule has 1 amide bonds. The summed E-state index contributed by atoms with van der Waals surface area (Å²) in [5.74, 6) is -0.0187. The predicted octanol–water partition coefficient (Wildman–Crippen LogP) is 3.33. The molecule has 0 unspecified atom stereocenters. The first-order chi connectivity index (χ1) is 10.2. The molecule has 0 spiro atoms. The van der Waals surface area contributed by atoms with Gasteiger partial charge < -0.3 is 10.6 Å². The molecule has 0 aromatic heterocycles. The second-order valence-electron chi connectivity index (χ2n) is 4.86. The highest BCUT2D eigenvalue weighted by Crippen LogP contribution is 2.15. The molecule has 0 saturated carbocycles. The standard InChI is InChI=1S/C17H19ClN2O/c18-16-9-4-8-15(12-16)17(21)20(11-5-10-19)13-14-6-2-1-3-7-14/h1-4,6-9,12H,5,10-11,13,19H2. The zero-order valence-corrected chi connectivity index (χ0v) is 12.6. The Kier molecular flexibility index (Phi) is 5.78. The zero-order chi connectivity index (χ0) is 15.1. The third-order valence-corrected chi connectivity index (χ3v) is 3.44. The normalized spacial score (nSPS) is 10.4. The van der Waals surface area contributed by atoms with Gasteiger partial charge in [-0.1, -0.05) is 48.0 Å². The average molecular weight is 303 g/mol. The van der Waals surface area contributed by atoms with Crippen molar-refractivity contribution < 1.29 is 4.79 Å². The second kappa shape index (κ2) is 7.81. The van der Waals surface area contributed by atoms with Gasteiger partial charge in [0.2, 0.25) is 0 Å². The van der Waals surface area contributed by atoms with Crippen molar-refractivity contribution in [2.24, 2.45) is 5.73 Å². The van der Waals surface area contributed by atoms with Gasteiger partial charge in [-0.3, -0.25) is 4.79 Å². The fourth-order valence-corrected chi connectivity index (χ4v) is 2.33. The van der Waals surface area contributed by atoms with E-state index in [0.717, 1.165) is 12.0 Å². The van der Waals surface area contributed by atoms with Crippen molar-refractivity contribution in [2.75, 3.05) is 13.1 Å². The van der Waals surface area contributed by atoms with Crippen molar-refractivity contribution in [3.63, 3.8) is 0 Å². The summed E-state index contributed by atoms with van der Waals surface area (Å²) in [6.45, 7) is 1.77. The van der Waals surface area contributed by atoms with Crippen LogP contribution in [0, 0.1) is 0 Å². The molecule has 4 heteroatoms. The first kappa shape index (κ1) is 15.5. The Morgan fingerprint density at radius 2 is 1.86 bits per heavy atom. The fraction of sp³-hybridized carbons (Fsp3) is 0.235. The van der Waals surface area contributed by atoms with Gasteiger partial charge >= 0.3 is 0 Å². The highest BCUT2D eigenvalue weighted by Gasteiger charge is 2.15. The molecule has 2 aromatic rings. The number of halogens is 1. The van der Waals surface area contributed by atoms with Gasteiger partial charge in [0.25, 0.3) is 5.91 Å². The van der Waals surface area contributed by atoms with Crippen molar-refractivity contribution in [2.45, 2.75) is 13.0 Å². The topological polar surface area (TPSA) is 46.3 Å². The summed E-state index contributed by atoms with van der Waals surface area (Å²) >= 11 is 5.97. The molecule has 2 rings (SSSR count). The molecule has 21 heavy (non-hydrogen) atoms. The molecule has 0 aliphatic heterocycles. The Bertz CT molecular complexity index is 586. The van der Waals surface area contributed by atoms with Crippen molar-refractivity contribution in [3.05, 3.63) is 70.7 Å². The number of carbonyl (C=O) groups excluding carboxylic acids is 1. The van der Waals surface area contributed by atoms with Crippen molar-refractivity contribution in [3.8, 4) is 0 Å². The second-order valence-corrected chi connectivity index (χ2v) is 5.30. The SMILES string of the molecule is NCCCN(Cc1ccccc1)C(=O)c1cccc(Cl)c1. The minimum atomic E-state index is -0.0187. The van der Waals surface area contributed by atoms with E-state index in [4.69, 9.17) is 17.3 Å². The molecule has 3 nitrogen and oxygen atoms in total. The van der Waals surface area contributed by atoms with Crippen LogP contribution in [0.1, 0.15) is 22.3 Å². The number of benzene rings is 2. The van der Waals surface area contributed by atoms with Crippen LogP contribution in [0.25, 0.3) is 0 Å². The van der Waals surface area contributed by atoms with Gasteiger partial charge in [-0.25, -0.2) is 0 Å². The number of nitrogens with two attached hydrogens (primary N) is 1. The molecule has 0 bridgehead atoms. The van der Waals surface area contributed by atoms with Crippen LogP contribution in [-0.2, 0) is 6.54 Å². The summed E-state index contributed by atoms with van der Waals surface area (Å²) in [6.07, 6.45) is 0.777. The smallest absolute Gasteiger partial charge is 0.254 e. The number of hydrogen-bond acceptors (Lipinski definition) is 2. The lowest BCUT2D eigenvalue weighted by Gasteiger charge is -2.23. The Morgan fingerprint density at radius 3 is 2.52 bits per heavy atom. The van der Waals surface area contributed by atoms with E-state index in [1.54, 1.807) is 24.3 Å². The van der Waals surface area contributed by atoms with Gasteiger partial charge in [0.15, 0.2) is 0 Å². The van der Waals surface area contributed by atoms with Crippen LogP contribution in [0.2, 0.25) is 5.02 Å². The minimum absolute atomic E-state index is 0.0187. The molecule has 2 aromatic carbocycles. The van der Waals surface area contributed by atoms with Crippen LogP contribution in [0.5, 0.6) is 0 Å². The van der Waals surface area contributed by atoms with E-state index < -0.39 is 0 Å². The molecule has 0 saturated heterocycles. The molecule has 0 heterocycles. The lowest BCUT2D eigenvalue weighted by molar-refractivity contribution is 0.0742. The van der Waals surface area contributed by atoms with Crippen LogP contribution in [-0.4, -0.2) is 23.9 Å². The predicted molar refractivity (Wildman–Crippen MR) is 86.3 cm³/mol. The molecule has 0 radical (unpaired) electrons. The molecule has 0 aliphatic rings.